The predicted octanol–water partition coefficient (Wildman–Crippen LogP) is 0.953. The Hall–Kier alpha value is -1.48. The molecule has 0 fully saturated rings. The standard InChI is InChI=1S/C12H17NO2/c1-4-8-15-12-10(9-13-2)6-5-7-11(12)14-3/h4-7,13H,1,8-9H2,2-3H3/p+1. The summed E-state index contributed by atoms with van der Waals surface area (Å²) in [5, 5.41) is 2.09. The Kier molecular flexibility index (Phi) is 4.71. The van der Waals surface area contributed by atoms with E-state index < -0.39 is 0 Å². The van der Waals surface area contributed by atoms with Gasteiger partial charge in [-0.25, -0.2) is 0 Å². The minimum absolute atomic E-state index is 0.497. The first kappa shape index (κ1) is 11.6. The lowest BCUT2D eigenvalue weighted by Crippen LogP contribution is -2.77. The van der Waals surface area contributed by atoms with E-state index >= 15 is 0 Å². The van der Waals surface area contributed by atoms with E-state index in [1.54, 1.807) is 13.2 Å². The third-order valence-electron chi connectivity index (χ3n) is 2.05. The van der Waals surface area contributed by atoms with Crippen molar-refractivity contribution < 1.29 is 14.8 Å². The molecule has 1 aromatic carbocycles. The summed E-state index contributed by atoms with van der Waals surface area (Å²) >= 11 is 0. The van der Waals surface area contributed by atoms with Crippen molar-refractivity contribution in [3.05, 3.63) is 36.4 Å². The van der Waals surface area contributed by atoms with Gasteiger partial charge in [-0.05, 0) is 12.1 Å². The van der Waals surface area contributed by atoms with Gasteiger partial charge in [0.15, 0.2) is 11.5 Å². The summed E-state index contributed by atoms with van der Waals surface area (Å²) < 4.78 is 10.9. The molecule has 15 heavy (non-hydrogen) atoms. The molecular formula is C12H18NO2+. The lowest BCUT2D eigenvalue weighted by atomic mass is 10.2. The van der Waals surface area contributed by atoms with Gasteiger partial charge in [-0.2, -0.15) is 0 Å². The van der Waals surface area contributed by atoms with Gasteiger partial charge in [-0.3, -0.25) is 0 Å². The largest absolute Gasteiger partial charge is 0.493 e. The van der Waals surface area contributed by atoms with E-state index in [1.807, 2.05) is 25.2 Å². The molecule has 0 aromatic heterocycles. The Bertz CT molecular complexity index is 323. The Balaban J connectivity index is 2.96. The van der Waals surface area contributed by atoms with E-state index in [2.05, 4.69) is 11.9 Å². The van der Waals surface area contributed by atoms with Gasteiger partial charge in [0.2, 0.25) is 0 Å². The van der Waals surface area contributed by atoms with Gasteiger partial charge < -0.3 is 14.8 Å². The molecule has 2 N–H and O–H groups in total. The smallest absolute Gasteiger partial charge is 0.170 e. The minimum atomic E-state index is 0.497. The van der Waals surface area contributed by atoms with Gasteiger partial charge in [0.1, 0.15) is 13.2 Å². The number of methoxy groups -OCH3 is 1. The number of benzene rings is 1. The second-order valence-electron chi connectivity index (χ2n) is 3.16. The highest BCUT2D eigenvalue weighted by Gasteiger charge is 2.10. The van der Waals surface area contributed by atoms with E-state index in [9.17, 15) is 0 Å². The fourth-order valence-electron chi connectivity index (χ4n) is 1.41. The van der Waals surface area contributed by atoms with Crippen LogP contribution in [0.1, 0.15) is 5.56 Å². The maximum atomic E-state index is 5.60. The Morgan fingerprint density at radius 3 is 2.87 bits per heavy atom. The van der Waals surface area contributed by atoms with Crippen LogP contribution in [0, 0.1) is 0 Å². The minimum Gasteiger partial charge on any atom is -0.493 e. The fraction of sp³-hybridized carbons (Fsp3) is 0.333. The van der Waals surface area contributed by atoms with Crippen LogP contribution in [-0.2, 0) is 6.54 Å². The maximum absolute atomic E-state index is 5.60. The Labute approximate surface area is 90.7 Å². The zero-order valence-electron chi connectivity index (χ0n) is 9.32. The van der Waals surface area contributed by atoms with Crippen molar-refractivity contribution >= 4 is 0 Å². The number of ether oxygens (including phenoxy) is 2. The highest BCUT2D eigenvalue weighted by Crippen LogP contribution is 2.30. The van der Waals surface area contributed by atoms with E-state index in [1.165, 1.54) is 0 Å². The van der Waals surface area contributed by atoms with Crippen LogP contribution in [0.2, 0.25) is 0 Å². The number of para-hydroxylation sites is 1. The number of hydrogen-bond acceptors (Lipinski definition) is 2. The van der Waals surface area contributed by atoms with Gasteiger partial charge in [0, 0.05) is 0 Å². The van der Waals surface area contributed by atoms with Crippen LogP contribution in [0.3, 0.4) is 0 Å². The second kappa shape index (κ2) is 6.09. The first-order valence-electron chi connectivity index (χ1n) is 5.00. The van der Waals surface area contributed by atoms with Crippen molar-refractivity contribution in [1.29, 1.82) is 0 Å². The quantitative estimate of drug-likeness (QED) is 0.706. The molecule has 0 bridgehead atoms. The van der Waals surface area contributed by atoms with E-state index in [-0.39, 0.29) is 0 Å². The molecule has 82 valence electrons. The molecule has 0 radical (unpaired) electrons. The summed E-state index contributed by atoms with van der Waals surface area (Å²) in [4.78, 5) is 0. The van der Waals surface area contributed by atoms with Crippen LogP contribution < -0.4 is 14.8 Å². The monoisotopic (exact) mass is 208 g/mol. The summed E-state index contributed by atoms with van der Waals surface area (Å²) in [5.41, 5.74) is 1.14. The molecule has 0 spiro atoms. The zero-order valence-corrected chi connectivity index (χ0v) is 9.32. The summed E-state index contributed by atoms with van der Waals surface area (Å²) in [6, 6.07) is 5.91. The number of hydrogen-bond donors (Lipinski definition) is 1. The Morgan fingerprint density at radius 2 is 2.27 bits per heavy atom. The molecule has 1 rings (SSSR count). The van der Waals surface area contributed by atoms with Crippen molar-refractivity contribution in [3.8, 4) is 11.5 Å². The zero-order chi connectivity index (χ0) is 11.1. The predicted molar refractivity (Wildman–Crippen MR) is 60.2 cm³/mol. The molecule has 0 heterocycles. The van der Waals surface area contributed by atoms with Crippen molar-refractivity contribution in [3.63, 3.8) is 0 Å². The van der Waals surface area contributed by atoms with Crippen LogP contribution >= 0.6 is 0 Å². The molecular weight excluding hydrogens is 190 g/mol. The third-order valence-corrected chi connectivity index (χ3v) is 2.05. The van der Waals surface area contributed by atoms with Crippen LogP contribution in [-0.4, -0.2) is 20.8 Å². The van der Waals surface area contributed by atoms with Gasteiger partial charge >= 0.3 is 0 Å². The number of rotatable bonds is 6. The third kappa shape index (κ3) is 2.99. The lowest BCUT2D eigenvalue weighted by Gasteiger charge is -2.12. The molecule has 0 amide bonds. The van der Waals surface area contributed by atoms with Crippen LogP contribution in [0.4, 0.5) is 0 Å². The first-order valence-corrected chi connectivity index (χ1v) is 5.00. The highest BCUT2D eigenvalue weighted by atomic mass is 16.5. The highest BCUT2D eigenvalue weighted by molar-refractivity contribution is 5.46. The fourth-order valence-corrected chi connectivity index (χ4v) is 1.41. The molecule has 0 atom stereocenters. The van der Waals surface area contributed by atoms with Crippen LogP contribution in [0.15, 0.2) is 30.9 Å². The summed E-state index contributed by atoms with van der Waals surface area (Å²) in [5.74, 6) is 1.59. The molecule has 0 saturated heterocycles. The molecule has 3 nitrogen and oxygen atoms in total. The summed E-state index contributed by atoms with van der Waals surface area (Å²) in [6.45, 7) is 5.01. The SMILES string of the molecule is C=CCOc1c(C[NH2+]C)cccc1OC. The normalized spacial score (nSPS) is 9.73. The molecule has 0 saturated carbocycles. The second-order valence-corrected chi connectivity index (χ2v) is 3.16. The van der Waals surface area contributed by atoms with Gasteiger partial charge in [-0.1, -0.05) is 18.7 Å². The molecule has 0 aliphatic heterocycles. The summed E-state index contributed by atoms with van der Waals surface area (Å²) in [6.07, 6.45) is 1.73. The number of quaternary nitrogens is 1. The molecule has 0 aliphatic rings. The van der Waals surface area contributed by atoms with Crippen molar-refractivity contribution in [1.82, 2.24) is 0 Å². The van der Waals surface area contributed by atoms with Gasteiger partial charge in [0.05, 0.1) is 19.7 Å². The topological polar surface area (TPSA) is 35.1 Å². The van der Waals surface area contributed by atoms with Crippen molar-refractivity contribution in [2.24, 2.45) is 0 Å². The maximum Gasteiger partial charge on any atom is 0.170 e. The molecule has 1 aromatic rings. The van der Waals surface area contributed by atoms with Crippen LogP contribution in [0.5, 0.6) is 11.5 Å². The first-order chi connectivity index (χ1) is 7.33. The van der Waals surface area contributed by atoms with Gasteiger partial charge in [0.25, 0.3) is 0 Å². The van der Waals surface area contributed by atoms with Gasteiger partial charge in [-0.15, -0.1) is 0 Å². The summed E-state index contributed by atoms with van der Waals surface area (Å²) in [7, 11) is 3.67. The molecule has 0 aliphatic carbocycles. The van der Waals surface area contributed by atoms with Crippen molar-refractivity contribution in [2.75, 3.05) is 20.8 Å². The van der Waals surface area contributed by atoms with E-state index in [0.717, 1.165) is 23.6 Å². The lowest BCUT2D eigenvalue weighted by molar-refractivity contribution is -0.643. The number of nitrogens with two attached hydrogens (primary N) is 1. The average molecular weight is 208 g/mol. The van der Waals surface area contributed by atoms with E-state index in [4.69, 9.17) is 9.47 Å². The van der Waals surface area contributed by atoms with E-state index in [0.29, 0.717) is 6.61 Å². The van der Waals surface area contributed by atoms with Crippen LogP contribution in [0.25, 0.3) is 0 Å². The Morgan fingerprint density at radius 1 is 1.47 bits per heavy atom. The molecule has 3 heteroatoms. The van der Waals surface area contributed by atoms with Crippen molar-refractivity contribution in [2.45, 2.75) is 6.54 Å². The average Bonchev–Trinajstić information content (AvgIpc) is 2.27. The molecule has 0 unspecified atom stereocenters.